The lowest BCUT2D eigenvalue weighted by atomic mass is 10.00. The highest BCUT2D eigenvalue weighted by Crippen LogP contribution is 2.41. The maximum Gasteiger partial charge on any atom is 0.258 e. The summed E-state index contributed by atoms with van der Waals surface area (Å²) in [4.78, 5) is 12.5. The average Bonchev–Trinajstić information content (AvgIpc) is 3.01. The maximum atomic E-state index is 12.5. The monoisotopic (exact) mass is 306 g/mol. The highest BCUT2D eigenvalue weighted by molar-refractivity contribution is 6.39. The molecule has 0 fully saturated rings. The van der Waals surface area contributed by atoms with Crippen molar-refractivity contribution in [2.24, 2.45) is 11.0 Å². The Morgan fingerprint density at radius 2 is 1.96 bits per heavy atom. The quantitative estimate of drug-likeness (QED) is 0.301. The number of allylic oxidation sites excluding steroid dienone is 1. The van der Waals surface area contributed by atoms with Gasteiger partial charge in [0.1, 0.15) is 11.4 Å². The Hall–Kier alpha value is -3.12. The summed E-state index contributed by atoms with van der Waals surface area (Å²) in [5.74, 6) is 5.94. The molecule has 114 valence electrons. The number of nitrogens with zero attached hydrogens (tertiary/aromatic N) is 2. The molecule has 0 aliphatic carbocycles. The summed E-state index contributed by atoms with van der Waals surface area (Å²) in [5, 5.41) is 17.1. The van der Waals surface area contributed by atoms with E-state index in [1.54, 1.807) is 0 Å². The van der Waals surface area contributed by atoms with Crippen LogP contribution in [0.3, 0.4) is 0 Å². The number of anilines is 2. The third-order valence-electron chi connectivity index (χ3n) is 4.14. The zero-order valence-corrected chi connectivity index (χ0v) is 12.4. The first-order valence-electron chi connectivity index (χ1n) is 7.15. The van der Waals surface area contributed by atoms with Gasteiger partial charge < -0.3 is 10.5 Å². The van der Waals surface area contributed by atoms with E-state index in [1.807, 2.05) is 49.4 Å². The number of carbonyl (C=O) groups excluding carboxylic acids is 1. The van der Waals surface area contributed by atoms with Crippen LogP contribution < -0.4 is 16.2 Å². The van der Waals surface area contributed by atoms with Crippen molar-refractivity contribution in [2.45, 2.75) is 6.92 Å². The van der Waals surface area contributed by atoms with E-state index in [-0.39, 0.29) is 5.91 Å². The van der Waals surface area contributed by atoms with Crippen LogP contribution in [0, 0.1) is 6.92 Å². The molecule has 6 nitrogen and oxygen atoms in total. The first-order chi connectivity index (χ1) is 11.1. The van der Waals surface area contributed by atoms with Crippen LogP contribution in [0.15, 0.2) is 53.3 Å². The zero-order valence-electron chi connectivity index (χ0n) is 12.4. The number of nitrogens with one attached hydrogen (secondary N) is 1. The minimum atomic E-state index is -0.259. The van der Waals surface area contributed by atoms with Gasteiger partial charge in [-0.25, -0.2) is 5.84 Å². The summed E-state index contributed by atoms with van der Waals surface area (Å²) in [6.07, 6.45) is 0. The molecule has 0 aromatic heterocycles. The second kappa shape index (κ2) is 4.69. The van der Waals surface area contributed by atoms with E-state index in [1.165, 1.54) is 5.01 Å². The van der Waals surface area contributed by atoms with Crippen LogP contribution in [0.1, 0.15) is 16.7 Å². The van der Waals surface area contributed by atoms with Crippen LogP contribution in [0.4, 0.5) is 11.4 Å². The number of amides is 1. The number of hydrogen-bond donors (Lipinski definition) is 3. The highest BCUT2D eigenvalue weighted by Gasteiger charge is 2.37. The molecule has 0 bridgehead atoms. The molecule has 0 spiro atoms. The molecule has 2 aromatic rings. The van der Waals surface area contributed by atoms with Crippen molar-refractivity contribution < 1.29 is 10.0 Å². The first-order valence-corrected chi connectivity index (χ1v) is 7.15. The molecule has 0 saturated heterocycles. The van der Waals surface area contributed by atoms with Crippen LogP contribution in [-0.4, -0.2) is 16.8 Å². The number of hydrazine groups is 1. The molecule has 23 heavy (non-hydrogen) atoms. The van der Waals surface area contributed by atoms with Gasteiger partial charge in [-0.1, -0.05) is 35.0 Å². The molecular weight excluding hydrogens is 292 g/mol. The molecule has 4 rings (SSSR count). The van der Waals surface area contributed by atoms with Crippen molar-refractivity contribution in [3.05, 3.63) is 64.9 Å². The third kappa shape index (κ3) is 1.79. The van der Waals surface area contributed by atoms with E-state index in [2.05, 4.69) is 10.5 Å². The average molecular weight is 306 g/mol. The number of oxime groups is 1. The number of aryl methyl sites for hydroxylation is 1. The van der Waals surface area contributed by atoms with Gasteiger partial charge in [0, 0.05) is 16.8 Å². The molecule has 2 aliphatic heterocycles. The van der Waals surface area contributed by atoms with E-state index in [4.69, 9.17) is 5.84 Å². The Morgan fingerprint density at radius 1 is 1.17 bits per heavy atom. The van der Waals surface area contributed by atoms with Gasteiger partial charge in [-0.2, -0.15) is 0 Å². The summed E-state index contributed by atoms with van der Waals surface area (Å²) in [5.41, 5.74) is 5.00. The standard InChI is InChI=1S/C17H14N4O2/c1-9-6-7-12-11(8-9)14(17(22)19-12)16-15(20-23)10-4-2-3-5-13(10)21(16)18/h2-8,23H,18H2,1H3,(H,19,22)/b16-14-,20-15+. The van der Waals surface area contributed by atoms with E-state index in [0.29, 0.717) is 28.2 Å². The lowest BCUT2D eigenvalue weighted by Crippen LogP contribution is -2.30. The molecule has 0 unspecified atom stereocenters. The fourth-order valence-corrected chi connectivity index (χ4v) is 3.10. The van der Waals surface area contributed by atoms with Crippen molar-refractivity contribution >= 4 is 28.6 Å². The molecule has 1 amide bonds. The topological polar surface area (TPSA) is 91.0 Å². The van der Waals surface area contributed by atoms with Crippen molar-refractivity contribution in [3.63, 3.8) is 0 Å². The van der Waals surface area contributed by atoms with Crippen LogP contribution >= 0.6 is 0 Å². The van der Waals surface area contributed by atoms with Gasteiger partial charge in [-0.15, -0.1) is 0 Å². The Balaban J connectivity index is 2.03. The van der Waals surface area contributed by atoms with Crippen LogP contribution in [-0.2, 0) is 4.79 Å². The lowest BCUT2D eigenvalue weighted by molar-refractivity contribution is -0.110. The smallest absolute Gasteiger partial charge is 0.258 e. The Morgan fingerprint density at radius 3 is 2.74 bits per heavy atom. The van der Waals surface area contributed by atoms with Crippen molar-refractivity contribution in [3.8, 4) is 0 Å². The molecule has 0 radical (unpaired) electrons. The fourth-order valence-electron chi connectivity index (χ4n) is 3.10. The summed E-state index contributed by atoms with van der Waals surface area (Å²) < 4.78 is 0. The van der Waals surface area contributed by atoms with Crippen LogP contribution in [0.5, 0.6) is 0 Å². The molecular formula is C17H14N4O2. The first kappa shape index (κ1) is 13.5. The predicted molar refractivity (Wildman–Crippen MR) is 88.2 cm³/mol. The molecule has 2 heterocycles. The largest absolute Gasteiger partial charge is 0.410 e. The van der Waals surface area contributed by atoms with Gasteiger partial charge in [-0.3, -0.25) is 9.80 Å². The van der Waals surface area contributed by atoms with Gasteiger partial charge >= 0.3 is 0 Å². The third-order valence-corrected chi connectivity index (χ3v) is 4.14. The predicted octanol–water partition coefficient (Wildman–Crippen LogP) is 2.23. The van der Waals surface area contributed by atoms with Crippen molar-refractivity contribution in [1.82, 2.24) is 0 Å². The summed E-state index contributed by atoms with van der Waals surface area (Å²) >= 11 is 0. The van der Waals surface area contributed by atoms with Crippen molar-refractivity contribution in [1.29, 1.82) is 0 Å². The lowest BCUT2D eigenvalue weighted by Gasteiger charge is -2.15. The maximum absolute atomic E-state index is 12.5. The Bertz CT molecular complexity index is 915. The molecule has 0 atom stereocenters. The van der Waals surface area contributed by atoms with Crippen molar-refractivity contribution in [2.75, 3.05) is 10.3 Å². The molecule has 2 aromatic carbocycles. The number of carbonyl (C=O) groups is 1. The van der Waals surface area contributed by atoms with Crippen LogP contribution in [0.25, 0.3) is 5.57 Å². The van der Waals surface area contributed by atoms with E-state index in [9.17, 15) is 10.0 Å². The SMILES string of the molecule is Cc1ccc2c(c1)/C(=C1\C(=N\O)c3ccccc3N1N)C(=O)N2. The molecule has 4 N–H and O–H groups in total. The number of fused-ring (bicyclic) bond motifs is 2. The summed E-state index contributed by atoms with van der Waals surface area (Å²) in [6.45, 7) is 1.95. The minimum absolute atomic E-state index is 0.259. The zero-order chi connectivity index (χ0) is 16.1. The second-order valence-corrected chi connectivity index (χ2v) is 5.56. The fraction of sp³-hybridized carbons (Fsp3) is 0.0588. The number of para-hydroxylation sites is 1. The van der Waals surface area contributed by atoms with Gasteiger partial charge in [-0.05, 0) is 25.1 Å². The Kier molecular flexibility index (Phi) is 2.76. The number of benzene rings is 2. The summed E-state index contributed by atoms with van der Waals surface area (Å²) in [6, 6.07) is 13.0. The normalized spacial score (nSPS) is 20.7. The highest BCUT2D eigenvalue weighted by atomic mass is 16.4. The van der Waals surface area contributed by atoms with E-state index >= 15 is 0 Å². The van der Waals surface area contributed by atoms with Gasteiger partial charge in [0.05, 0.1) is 11.3 Å². The van der Waals surface area contributed by atoms with Gasteiger partial charge in [0.25, 0.3) is 5.91 Å². The second-order valence-electron chi connectivity index (χ2n) is 5.56. The van der Waals surface area contributed by atoms with Crippen LogP contribution in [0.2, 0.25) is 0 Å². The summed E-state index contributed by atoms with van der Waals surface area (Å²) in [7, 11) is 0. The van der Waals surface area contributed by atoms with E-state index in [0.717, 1.165) is 16.8 Å². The Labute approximate surface area is 132 Å². The number of nitrogens with two attached hydrogens (primary N) is 1. The van der Waals surface area contributed by atoms with E-state index < -0.39 is 0 Å². The van der Waals surface area contributed by atoms with Gasteiger partial charge in [0.2, 0.25) is 0 Å². The molecule has 6 heteroatoms. The number of rotatable bonds is 0. The minimum Gasteiger partial charge on any atom is -0.410 e. The van der Waals surface area contributed by atoms with Gasteiger partial charge in [0.15, 0.2) is 0 Å². The number of hydrogen-bond acceptors (Lipinski definition) is 5. The molecule has 2 aliphatic rings. The molecule has 0 saturated carbocycles.